The molecule has 2 aromatic rings. The molecule has 1 N–H and O–H groups in total. The molecule has 104 valence electrons. The molecule has 0 saturated heterocycles. The molecule has 1 aliphatic carbocycles. The van der Waals surface area contributed by atoms with Crippen molar-refractivity contribution in [3.63, 3.8) is 0 Å². The standard InChI is InChI=1S/C15H19N5/c1-10-6-7-14(20-19-10)16-9-8-15-17-11(2)12-4-3-5-13(12)18-15/h6-7H,3-5,8-9H2,1-2H3,(H,16,20). The Kier molecular flexibility index (Phi) is 3.58. The first-order valence-electron chi connectivity index (χ1n) is 7.12. The van der Waals surface area contributed by atoms with E-state index < -0.39 is 0 Å². The van der Waals surface area contributed by atoms with Gasteiger partial charge in [-0.1, -0.05) is 0 Å². The molecule has 3 rings (SSSR count). The quantitative estimate of drug-likeness (QED) is 0.920. The van der Waals surface area contributed by atoms with E-state index in [1.54, 1.807) is 0 Å². The summed E-state index contributed by atoms with van der Waals surface area (Å²) in [5, 5.41) is 11.4. The summed E-state index contributed by atoms with van der Waals surface area (Å²) in [5.74, 6) is 1.73. The molecular weight excluding hydrogens is 250 g/mol. The third kappa shape index (κ3) is 2.76. The lowest BCUT2D eigenvalue weighted by Crippen LogP contribution is -2.11. The Morgan fingerprint density at radius 1 is 1.10 bits per heavy atom. The second kappa shape index (κ2) is 5.53. The van der Waals surface area contributed by atoms with Gasteiger partial charge in [0.1, 0.15) is 11.6 Å². The Balaban J connectivity index is 1.61. The second-order valence-corrected chi connectivity index (χ2v) is 5.24. The average molecular weight is 269 g/mol. The Labute approximate surface area is 118 Å². The van der Waals surface area contributed by atoms with Crippen LogP contribution in [-0.4, -0.2) is 26.7 Å². The van der Waals surface area contributed by atoms with Gasteiger partial charge in [0.05, 0.1) is 5.69 Å². The summed E-state index contributed by atoms with van der Waals surface area (Å²) in [6.45, 7) is 4.79. The second-order valence-electron chi connectivity index (χ2n) is 5.24. The molecule has 0 spiro atoms. The van der Waals surface area contributed by atoms with Gasteiger partial charge in [0.15, 0.2) is 0 Å². The van der Waals surface area contributed by atoms with Crippen molar-refractivity contribution in [3.8, 4) is 0 Å². The molecule has 0 saturated carbocycles. The van der Waals surface area contributed by atoms with E-state index >= 15 is 0 Å². The SMILES string of the molecule is Cc1ccc(NCCc2nc(C)c3c(n2)CCC3)nn1. The first-order valence-corrected chi connectivity index (χ1v) is 7.12. The first kappa shape index (κ1) is 13.0. The highest BCUT2D eigenvalue weighted by Gasteiger charge is 2.16. The van der Waals surface area contributed by atoms with Crippen LogP contribution in [0.5, 0.6) is 0 Å². The number of hydrogen-bond acceptors (Lipinski definition) is 5. The molecule has 1 aliphatic rings. The smallest absolute Gasteiger partial charge is 0.148 e. The van der Waals surface area contributed by atoms with Crippen LogP contribution in [0.3, 0.4) is 0 Å². The number of rotatable bonds is 4. The molecule has 0 atom stereocenters. The van der Waals surface area contributed by atoms with Gasteiger partial charge >= 0.3 is 0 Å². The Bertz CT molecular complexity index is 606. The van der Waals surface area contributed by atoms with Gasteiger partial charge in [0.2, 0.25) is 0 Å². The lowest BCUT2D eigenvalue weighted by molar-refractivity contribution is 0.841. The highest BCUT2D eigenvalue weighted by molar-refractivity contribution is 5.33. The van der Waals surface area contributed by atoms with Crippen LogP contribution in [-0.2, 0) is 19.3 Å². The molecule has 0 aliphatic heterocycles. The molecule has 5 nitrogen and oxygen atoms in total. The van der Waals surface area contributed by atoms with E-state index in [0.29, 0.717) is 0 Å². The molecule has 2 heterocycles. The van der Waals surface area contributed by atoms with Crippen molar-refractivity contribution in [2.45, 2.75) is 39.5 Å². The van der Waals surface area contributed by atoms with Gasteiger partial charge in [-0.3, -0.25) is 0 Å². The largest absolute Gasteiger partial charge is 0.368 e. The van der Waals surface area contributed by atoms with E-state index in [-0.39, 0.29) is 0 Å². The van der Waals surface area contributed by atoms with Gasteiger partial charge in [0.25, 0.3) is 0 Å². The molecule has 0 radical (unpaired) electrons. The molecule has 2 aromatic heterocycles. The van der Waals surface area contributed by atoms with Gasteiger partial charge in [-0.15, -0.1) is 5.10 Å². The zero-order chi connectivity index (χ0) is 13.9. The maximum atomic E-state index is 4.67. The Hall–Kier alpha value is -2.04. The van der Waals surface area contributed by atoms with Gasteiger partial charge < -0.3 is 5.32 Å². The highest BCUT2D eigenvalue weighted by Crippen LogP contribution is 2.22. The van der Waals surface area contributed by atoms with Gasteiger partial charge in [0, 0.05) is 24.4 Å². The molecule has 20 heavy (non-hydrogen) atoms. The lowest BCUT2D eigenvalue weighted by Gasteiger charge is -2.08. The van der Waals surface area contributed by atoms with E-state index in [1.807, 2.05) is 19.1 Å². The van der Waals surface area contributed by atoms with Crippen molar-refractivity contribution in [2.24, 2.45) is 0 Å². The van der Waals surface area contributed by atoms with Gasteiger partial charge in [-0.2, -0.15) is 5.10 Å². The van der Waals surface area contributed by atoms with Crippen LogP contribution in [0, 0.1) is 13.8 Å². The third-order valence-electron chi connectivity index (χ3n) is 3.64. The van der Waals surface area contributed by atoms with Crippen LogP contribution in [0.15, 0.2) is 12.1 Å². The fourth-order valence-corrected chi connectivity index (χ4v) is 2.59. The monoisotopic (exact) mass is 269 g/mol. The number of aryl methyl sites for hydroxylation is 3. The van der Waals surface area contributed by atoms with Crippen molar-refractivity contribution in [1.82, 2.24) is 20.2 Å². The van der Waals surface area contributed by atoms with Crippen LogP contribution in [0.4, 0.5) is 5.82 Å². The summed E-state index contributed by atoms with van der Waals surface area (Å²) in [7, 11) is 0. The van der Waals surface area contributed by atoms with Crippen LogP contribution in [0.1, 0.15) is 34.9 Å². The molecule has 0 fully saturated rings. The fourth-order valence-electron chi connectivity index (χ4n) is 2.59. The number of nitrogens with one attached hydrogen (secondary N) is 1. The van der Waals surface area contributed by atoms with Crippen LogP contribution in [0.25, 0.3) is 0 Å². The van der Waals surface area contributed by atoms with E-state index in [4.69, 9.17) is 0 Å². The van der Waals surface area contributed by atoms with Crippen LogP contribution >= 0.6 is 0 Å². The van der Waals surface area contributed by atoms with E-state index in [0.717, 1.165) is 48.8 Å². The molecule has 0 bridgehead atoms. The maximum Gasteiger partial charge on any atom is 0.148 e. The molecule has 0 unspecified atom stereocenters. The van der Waals surface area contributed by atoms with Crippen LogP contribution in [0.2, 0.25) is 0 Å². The van der Waals surface area contributed by atoms with E-state index in [1.165, 1.54) is 17.7 Å². The summed E-state index contributed by atoms with van der Waals surface area (Å²) in [4.78, 5) is 9.28. The van der Waals surface area contributed by atoms with Gasteiger partial charge in [-0.05, 0) is 50.8 Å². The Morgan fingerprint density at radius 3 is 2.80 bits per heavy atom. The number of hydrogen-bond donors (Lipinski definition) is 1. The third-order valence-corrected chi connectivity index (χ3v) is 3.64. The van der Waals surface area contributed by atoms with Crippen molar-refractivity contribution < 1.29 is 0 Å². The zero-order valence-electron chi connectivity index (χ0n) is 12.0. The van der Waals surface area contributed by atoms with Crippen molar-refractivity contribution >= 4 is 5.82 Å². The average Bonchev–Trinajstić information content (AvgIpc) is 2.90. The minimum Gasteiger partial charge on any atom is -0.368 e. The zero-order valence-corrected chi connectivity index (χ0v) is 12.0. The minimum atomic E-state index is 0.774. The van der Waals surface area contributed by atoms with Crippen molar-refractivity contribution in [3.05, 3.63) is 40.6 Å². The summed E-state index contributed by atoms with van der Waals surface area (Å²) in [6, 6.07) is 3.89. The number of fused-ring (bicyclic) bond motifs is 1. The highest BCUT2D eigenvalue weighted by atomic mass is 15.2. The summed E-state index contributed by atoms with van der Waals surface area (Å²) < 4.78 is 0. The normalized spacial score (nSPS) is 13.3. The molecule has 5 heteroatoms. The van der Waals surface area contributed by atoms with Crippen LogP contribution < -0.4 is 5.32 Å². The van der Waals surface area contributed by atoms with E-state index in [9.17, 15) is 0 Å². The minimum absolute atomic E-state index is 0.774. The van der Waals surface area contributed by atoms with Crippen molar-refractivity contribution in [1.29, 1.82) is 0 Å². The van der Waals surface area contributed by atoms with Gasteiger partial charge in [-0.25, -0.2) is 9.97 Å². The predicted molar refractivity (Wildman–Crippen MR) is 77.8 cm³/mol. The summed E-state index contributed by atoms with van der Waals surface area (Å²) in [6.07, 6.45) is 4.26. The van der Waals surface area contributed by atoms with Crippen molar-refractivity contribution in [2.75, 3.05) is 11.9 Å². The number of anilines is 1. The first-order chi connectivity index (χ1) is 9.72. The topological polar surface area (TPSA) is 63.6 Å². The van der Waals surface area contributed by atoms with E-state index in [2.05, 4.69) is 32.4 Å². The summed E-state index contributed by atoms with van der Waals surface area (Å²) >= 11 is 0. The summed E-state index contributed by atoms with van der Waals surface area (Å²) in [5.41, 5.74) is 4.69. The maximum absolute atomic E-state index is 4.67. The molecule has 0 aromatic carbocycles. The predicted octanol–water partition coefficient (Wildman–Crippen LogP) is 2.03. The molecular formula is C15H19N5. The Morgan fingerprint density at radius 2 is 2.00 bits per heavy atom. The molecule has 0 amide bonds. The lowest BCUT2D eigenvalue weighted by atomic mass is 10.2. The number of aromatic nitrogens is 4. The number of nitrogens with zero attached hydrogens (tertiary/aromatic N) is 4. The fraction of sp³-hybridized carbons (Fsp3) is 0.467.